The lowest BCUT2D eigenvalue weighted by Crippen LogP contribution is -2.44. The third-order valence-corrected chi connectivity index (χ3v) is 6.50. The smallest absolute Gasteiger partial charge is 0.315 e. The van der Waals surface area contributed by atoms with Crippen molar-refractivity contribution >= 4 is 11.8 Å². The largest absolute Gasteiger partial charge is 0.504 e. The van der Waals surface area contributed by atoms with Gasteiger partial charge in [0.1, 0.15) is 12.5 Å². The van der Waals surface area contributed by atoms with E-state index >= 15 is 0 Å². The second-order valence-electron chi connectivity index (χ2n) is 9.64. The minimum atomic E-state index is -0.798. The number of Topliss-reactive ketones (excluding diaryl/α,β-unsaturated/α-hetero) is 1. The molecule has 2 N–H and O–H groups in total. The van der Waals surface area contributed by atoms with E-state index in [1.54, 1.807) is 18.2 Å². The third kappa shape index (κ3) is 4.26. The highest BCUT2D eigenvalue weighted by molar-refractivity contribution is 6.00. The first-order valence-corrected chi connectivity index (χ1v) is 11.1. The molecule has 1 aromatic carbocycles. The maximum absolute atomic E-state index is 13.3. The van der Waals surface area contributed by atoms with E-state index in [0.29, 0.717) is 42.0 Å². The predicted molar refractivity (Wildman–Crippen MR) is 118 cm³/mol. The molecule has 4 rings (SSSR count). The number of allylic oxidation sites excluding steroid dienone is 2. The Labute approximate surface area is 188 Å². The summed E-state index contributed by atoms with van der Waals surface area (Å²) in [7, 11) is 1.47. The summed E-state index contributed by atoms with van der Waals surface area (Å²) in [6.45, 7) is 9.07. The molecule has 3 atom stereocenters. The van der Waals surface area contributed by atoms with E-state index in [0.717, 1.165) is 18.5 Å². The van der Waals surface area contributed by atoms with Gasteiger partial charge in [-0.25, -0.2) is 0 Å². The van der Waals surface area contributed by atoms with Crippen LogP contribution in [-0.2, 0) is 19.1 Å². The number of carbonyl (C=O) groups is 2. The second kappa shape index (κ2) is 8.62. The fraction of sp³-hybridized carbons (Fsp3) is 0.520. The average molecular weight is 442 g/mol. The molecule has 7 heteroatoms. The van der Waals surface area contributed by atoms with E-state index < -0.39 is 17.8 Å². The lowest BCUT2D eigenvalue weighted by Gasteiger charge is -2.42. The number of nitrogens with one attached hydrogen (secondary N) is 1. The van der Waals surface area contributed by atoms with Gasteiger partial charge in [-0.3, -0.25) is 9.59 Å². The number of hydrogen-bond donors (Lipinski definition) is 2. The standard InChI is InChI=1S/C25H31NO6/c1-14-21(24(29)32-13-16-6-5-9-31-16)22(15-7-8-20(30-4)18(27)10-15)23-17(26-14)11-25(2,3)12-19(23)28/h7-8,10,16,21-22,26-27H,1,5-6,9,11-13H2,2-4H3. The zero-order valence-electron chi connectivity index (χ0n) is 18.9. The molecule has 7 nitrogen and oxygen atoms in total. The van der Waals surface area contributed by atoms with Crippen LogP contribution in [0.3, 0.4) is 0 Å². The van der Waals surface area contributed by atoms with Crippen molar-refractivity contribution in [3.63, 3.8) is 0 Å². The van der Waals surface area contributed by atoms with Crippen LogP contribution < -0.4 is 10.1 Å². The van der Waals surface area contributed by atoms with Gasteiger partial charge >= 0.3 is 5.97 Å². The van der Waals surface area contributed by atoms with Crippen molar-refractivity contribution in [1.29, 1.82) is 0 Å². The van der Waals surface area contributed by atoms with E-state index in [1.807, 2.05) is 0 Å². The van der Waals surface area contributed by atoms with Gasteiger partial charge in [0.05, 0.1) is 13.2 Å². The molecule has 1 fully saturated rings. The number of hydrogen-bond acceptors (Lipinski definition) is 7. The SMILES string of the molecule is C=C1NC2=C(C(=O)CC(C)(C)C2)C(c2ccc(OC)c(O)c2)C1C(=O)OCC1CCCO1. The van der Waals surface area contributed by atoms with E-state index in [-0.39, 0.29) is 29.7 Å². The molecule has 0 radical (unpaired) electrons. The average Bonchev–Trinajstić information content (AvgIpc) is 3.23. The number of phenolic OH excluding ortho intramolecular Hbond substituents is 1. The van der Waals surface area contributed by atoms with Crippen LogP contribution in [-0.4, -0.2) is 43.3 Å². The minimum absolute atomic E-state index is 0.00603. The molecule has 0 bridgehead atoms. The number of aromatic hydroxyl groups is 1. The highest BCUT2D eigenvalue weighted by Crippen LogP contribution is 2.49. The molecule has 1 aliphatic carbocycles. The number of ether oxygens (including phenoxy) is 3. The zero-order valence-corrected chi connectivity index (χ0v) is 18.9. The first-order chi connectivity index (χ1) is 15.2. The van der Waals surface area contributed by atoms with E-state index in [9.17, 15) is 14.7 Å². The molecule has 3 unspecified atom stereocenters. The normalized spacial score (nSPS) is 27.0. The number of benzene rings is 1. The maximum Gasteiger partial charge on any atom is 0.315 e. The van der Waals surface area contributed by atoms with Crippen molar-refractivity contribution in [2.75, 3.05) is 20.3 Å². The Hall–Kier alpha value is -2.80. The van der Waals surface area contributed by atoms with Crippen molar-refractivity contribution in [2.24, 2.45) is 11.3 Å². The Kier molecular flexibility index (Phi) is 6.03. The van der Waals surface area contributed by atoms with Gasteiger partial charge in [0.2, 0.25) is 0 Å². The maximum atomic E-state index is 13.3. The molecule has 1 aromatic rings. The molecule has 0 aromatic heterocycles. The summed E-state index contributed by atoms with van der Waals surface area (Å²) in [6, 6.07) is 4.97. The molecule has 1 saturated heterocycles. The number of ketones is 1. The van der Waals surface area contributed by atoms with Crippen molar-refractivity contribution < 1.29 is 28.9 Å². The van der Waals surface area contributed by atoms with Crippen molar-refractivity contribution in [3.05, 3.63) is 47.3 Å². The molecule has 172 valence electrons. The summed E-state index contributed by atoms with van der Waals surface area (Å²) in [5.41, 5.74) is 2.31. The van der Waals surface area contributed by atoms with Crippen LogP contribution >= 0.6 is 0 Å². The number of phenols is 1. The first-order valence-electron chi connectivity index (χ1n) is 11.1. The Morgan fingerprint density at radius 1 is 1.34 bits per heavy atom. The fourth-order valence-electron chi connectivity index (χ4n) is 5.03. The quantitative estimate of drug-likeness (QED) is 0.675. The molecule has 2 heterocycles. The summed E-state index contributed by atoms with van der Waals surface area (Å²) in [5, 5.41) is 13.7. The molecule has 0 amide bonds. The van der Waals surface area contributed by atoms with Gasteiger partial charge in [0.15, 0.2) is 17.3 Å². The lowest BCUT2D eigenvalue weighted by atomic mass is 9.66. The molecule has 32 heavy (non-hydrogen) atoms. The van der Waals surface area contributed by atoms with Crippen LogP contribution in [0.1, 0.15) is 51.0 Å². The van der Waals surface area contributed by atoms with Crippen LogP contribution in [0.25, 0.3) is 0 Å². The van der Waals surface area contributed by atoms with Gasteiger partial charge in [-0.15, -0.1) is 0 Å². The molecular weight excluding hydrogens is 410 g/mol. The monoisotopic (exact) mass is 441 g/mol. The number of methoxy groups -OCH3 is 1. The fourth-order valence-corrected chi connectivity index (χ4v) is 5.03. The van der Waals surface area contributed by atoms with Gasteiger partial charge in [-0.2, -0.15) is 0 Å². The van der Waals surface area contributed by atoms with Crippen LogP contribution in [0, 0.1) is 11.3 Å². The van der Waals surface area contributed by atoms with Crippen molar-refractivity contribution in [3.8, 4) is 11.5 Å². The summed E-state index contributed by atoms with van der Waals surface area (Å²) in [4.78, 5) is 26.6. The van der Waals surface area contributed by atoms with Crippen LogP contribution in [0.4, 0.5) is 0 Å². The van der Waals surface area contributed by atoms with Crippen molar-refractivity contribution in [1.82, 2.24) is 5.32 Å². The summed E-state index contributed by atoms with van der Waals surface area (Å²) in [6.07, 6.45) is 2.77. The highest BCUT2D eigenvalue weighted by Gasteiger charge is 2.47. The molecular formula is C25H31NO6. The van der Waals surface area contributed by atoms with Crippen LogP contribution in [0.5, 0.6) is 11.5 Å². The van der Waals surface area contributed by atoms with E-state index in [1.165, 1.54) is 7.11 Å². The van der Waals surface area contributed by atoms with Gasteiger partial charge < -0.3 is 24.6 Å². The Morgan fingerprint density at radius 2 is 2.12 bits per heavy atom. The number of esters is 1. The molecule has 2 aliphatic heterocycles. The van der Waals surface area contributed by atoms with Gasteiger partial charge in [-0.1, -0.05) is 26.5 Å². The molecule has 0 spiro atoms. The minimum Gasteiger partial charge on any atom is -0.504 e. The van der Waals surface area contributed by atoms with Gasteiger partial charge in [0, 0.05) is 35.9 Å². The molecule has 0 saturated carbocycles. The van der Waals surface area contributed by atoms with Crippen LogP contribution in [0.2, 0.25) is 0 Å². The van der Waals surface area contributed by atoms with Gasteiger partial charge in [-0.05, 0) is 42.4 Å². The summed E-state index contributed by atoms with van der Waals surface area (Å²) < 4.78 is 16.4. The second-order valence-corrected chi connectivity index (χ2v) is 9.64. The van der Waals surface area contributed by atoms with Gasteiger partial charge in [0.25, 0.3) is 0 Å². The predicted octanol–water partition coefficient (Wildman–Crippen LogP) is 3.58. The summed E-state index contributed by atoms with van der Waals surface area (Å²) in [5.74, 6) is -1.59. The topological polar surface area (TPSA) is 94.1 Å². The highest BCUT2D eigenvalue weighted by atomic mass is 16.6. The Bertz CT molecular complexity index is 973. The van der Waals surface area contributed by atoms with E-state index in [2.05, 4.69) is 25.7 Å². The van der Waals surface area contributed by atoms with Crippen molar-refractivity contribution in [2.45, 2.75) is 51.6 Å². The summed E-state index contributed by atoms with van der Waals surface area (Å²) >= 11 is 0. The number of rotatable bonds is 5. The third-order valence-electron chi connectivity index (χ3n) is 6.50. The lowest BCUT2D eigenvalue weighted by molar-refractivity contribution is -0.151. The number of carbonyl (C=O) groups excluding carboxylic acids is 2. The van der Waals surface area contributed by atoms with E-state index in [4.69, 9.17) is 14.2 Å². The Morgan fingerprint density at radius 3 is 2.78 bits per heavy atom. The zero-order chi connectivity index (χ0) is 23.0. The first kappa shape index (κ1) is 22.4. The Balaban J connectivity index is 1.73. The molecule has 3 aliphatic rings. The van der Waals surface area contributed by atoms with Crippen LogP contribution in [0.15, 0.2) is 41.7 Å².